The molecule has 2 heterocycles. The van der Waals surface area contributed by atoms with Crippen molar-refractivity contribution in [1.29, 1.82) is 0 Å². The number of amides is 1. The Balaban J connectivity index is 0.00000220. The molecule has 124 valence electrons. The van der Waals surface area contributed by atoms with Gasteiger partial charge in [0.05, 0.1) is 0 Å². The van der Waals surface area contributed by atoms with Crippen LogP contribution in [0.2, 0.25) is 0 Å². The molecule has 1 N–H and O–H groups in total. The second-order valence-corrected chi connectivity index (χ2v) is 6.87. The summed E-state index contributed by atoms with van der Waals surface area (Å²) in [6.07, 6.45) is 8.30. The maximum absolute atomic E-state index is 12.5. The van der Waals surface area contributed by atoms with Gasteiger partial charge in [-0.25, -0.2) is 0 Å². The van der Waals surface area contributed by atoms with Gasteiger partial charge in [0.2, 0.25) is 5.91 Å². The molecule has 0 aromatic heterocycles. The van der Waals surface area contributed by atoms with E-state index in [1.165, 1.54) is 38.5 Å². The van der Waals surface area contributed by atoms with E-state index in [4.69, 9.17) is 0 Å². The number of hydrogen-bond donors (Lipinski definition) is 1. The van der Waals surface area contributed by atoms with Crippen LogP contribution in [0.5, 0.6) is 0 Å². The van der Waals surface area contributed by atoms with Crippen LogP contribution in [0, 0.1) is 17.8 Å². The average molecular weight is 317 g/mol. The van der Waals surface area contributed by atoms with Crippen molar-refractivity contribution in [2.24, 2.45) is 17.8 Å². The molecule has 0 radical (unpaired) electrons. The summed E-state index contributed by atoms with van der Waals surface area (Å²) in [5.74, 6) is 2.47. The fourth-order valence-corrected chi connectivity index (χ4v) is 3.76. The molecule has 0 bridgehead atoms. The highest BCUT2D eigenvalue weighted by atomic mass is 35.5. The Morgan fingerprint density at radius 1 is 1.24 bits per heavy atom. The van der Waals surface area contributed by atoms with Crippen molar-refractivity contribution in [1.82, 2.24) is 10.2 Å². The molecule has 21 heavy (non-hydrogen) atoms. The van der Waals surface area contributed by atoms with Crippen LogP contribution in [0.3, 0.4) is 0 Å². The second-order valence-electron chi connectivity index (χ2n) is 6.87. The van der Waals surface area contributed by atoms with E-state index in [2.05, 4.69) is 24.1 Å². The Morgan fingerprint density at radius 3 is 2.71 bits per heavy atom. The number of carbonyl (C=O) groups excluding carboxylic acids is 1. The predicted molar refractivity (Wildman–Crippen MR) is 90.8 cm³/mol. The van der Waals surface area contributed by atoms with E-state index in [0.29, 0.717) is 17.7 Å². The van der Waals surface area contributed by atoms with Gasteiger partial charge in [-0.15, -0.1) is 12.4 Å². The van der Waals surface area contributed by atoms with Gasteiger partial charge >= 0.3 is 0 Å². The first kappa shape index (κ1) is 18.8. The first-order valence-electron chi connectivity index (χ1n) is 8.69. The van der Waals surface area contributed by atoms with Crippen LogP contribution in [0.15, 0.2) is 0 Å². The quantitative estimate of drug-likeness (QED) is 0.861. The minimum absolute atomic E-state index is 0. The van der Waals surface area contributed by atoms with E-state index in [-0.39, 0.29) is 12.4 Å². The maximum Gasteiger partial charge on any atom is 0.222 e. The predicted octanol–water partition coefficient (Wildman–Crippen LogP) is 3.47. The van der Waals surface area contributed by atoms with Crippen molar-refractivity contribution in [2.75, 3.05) is 26.2 Å². The van der Waals surface area contributed by atoms with Gasteiger partial charge in [0, 0.05) is 19.5 Å². The van der Waals surface area contributed by atoms with Gasteiger partial charge in [0.15, 0.2) is 0 Å². The molecule has 3 nitrogen and oxygen atoms in total. The Morgan fingerprint density at radius 2 is 2.05 bits per heavy atom. The summed E-state index contributed by atoms with van der Waals surface area (Å²) >= 11 is 0. The van der Waals surface area contributed by atoms with Crippen molar-refractivity contribution < 1.29 is 4.79 Å². The first-order chi connectivity index (χ1) is 9.70. The van der Waals surface area contributed by atoms with Crippen molar-refractivity contribution in [3.63, 3.8) is 0 Å². The molecular formula is C17H33ClN2O. The van der Waals surface area contributed by atoms with Crippen LogP contribution in [-0.4, -0.2) is 37.0 Å². The van der Waals surface area contributed by atoms with Crippen molar-refractivity contribution in [3.8, 4) is 0 Å². The second kappa shape index (κ2) is 9.68. The van der Waals surface area contributed by atoms with E-state index in [1.54, 1.807) is 0 Å². The minimum Gasteiger partial charge on any atom is -0.343 e. The molecule has 4 heteroatoms. The zero-order valence-corrected chi connectivity index (χ0v) is 14.6. The third kappa shape index (κ3) is 5.78. The summed E-state index contributed by atoms with van der Waals surface area (Å²) in [6.45, 7) is 8.79. The molecule has 2 rings (SSSR count). The fourth-order valence-electron chi connectivity index (χ4n) is 3.76. The Kier molecular flexibility index (Phi) is 8.65. The Labute approximate surface area is 136 Å². The Hall–Kier alpha value is -0.280. The van der Waals surface area contributed by atoms with Crippen LogP contribution >= 0.6 is 12.4 Å². The number of hydrogen-bond acceptors (Lipinski definition) is 2. The molecule has 2 aliphatic rings. The van der Waals surface area contributed by atoms with Gasteiger partial charge in [-0.05, 0) is 62.9 Å². The summed E-state index contributed by atoms with van der Waals surface area (Å²) in [6, 6.07) is 0. The molecule has 0 saturated carbocycles. The van der Waals surface area contributed by atoms with E-state index in [0.717, 1.165) is 38.5 Å². The maximum atomic E-state index is 12.5. The van der Waals surface area contributed by atoms with Gasteiger partial charge in [0.25, 0.3) is 0 Å². The van der Waals surface area contributed by atoms with Gasteiger partial charge in [-0.2, -0.15) is 0 Å². The lowest BCUT2D eigenvalue weighted by Gasteiger charge is -2.30. The number of carbonyl (C=O) groups is 1. The third-order valence-electron chi connectivity index (χ3n) is 5.41. The summed E-state index contributed by atoms with van der Waals surface area (Å²) in [5, 5.41) is 3.47. The first-order valence-corrected chi connectivity index (χ1v) is 8.69. The normalized spacial score (nSPS) is 28.4. The highest BCUT2D eigenvalue weighted by Crippen LogP contribution is 2.25. The van der Waals surface area contributed by atoms with Crippen LogP contribution < -0.4 is 5.32 Å². The average Bonchev–Trinajstić information content (AvgIpc) is 2.73. The van der Waals surface area contributed by atoms with Crippen molar-refractivity contribution in [2.45, 2.75) is 58.8 Å². The molecule has 3 atom stereocenters. The third-order valence-corrected chi connectivity index (χ3v) is 5.41. The van der Waals surface area contributed by atoms with Gasteiger partial charge in [-0.1, -0.05) is 20.3 Å². The number of halogens is 1. The van der Waals surface area contributed by atoms with E-state index in [1.807, 2.05) is 0 Å². The van der Waals surface area contributed by atoms with Crippen LogP contribution in [0.4, 0.5) is 0 Å². The smallest absolute Gasteiger partial charge is 0.222 e. The zero-order chi connectivity index (χ0) is 14.4. The lowest BCUT2D eigenvalue weighted by Crippen LogP contribution is -2.37. The lowest BCUT2D eigenvalue weighted by molar-refractivity contribution is -0.132. The molecule has 0 aromatic carbocycles. The van der Waals surface area contributed by atoms with Crippen LogP contribution in [0.1, 0.15) is 58.8 Å². The lowest BCUT2D eigenvalue weighted by atomic mass is 9.85. The van der Waals surface area contributed by atoms with E-state index < -0.39 is 0 Å². The summed E-state index contributed by atoms with van der Waals surface area (Å²) in [5.41, 5.74) is 0. The molecule has 1 amide bonds. The van der Waals surface area contributed by atoms with Crippen molar-refractivity contribution >= 4 is 18.3 Å². The molecule has 0 aromatic rings. The van der Waals surface area contributed by atoms with Gasteiger partial charge in [0.1, 0.15) is 0 Å². The summed E-state index contributed by atoms with van der Waals surface area (Å²) < 4.78 is 0. The standard InChI is InChI=1S/C17H32N2O.ClH/c1-3-15-6-5-10-19(11-8-15)17(20)12-14(2)16-7-4-9-18-13-16;/h14-16,18H,3-13H2,1-2H3;1H. The van der Waals surface area contributed by atoms with Gasteiger partial charge in [-0.3, -0.25) is 4.79 Å². The molecule has 0 aliphatic carbocycles. The fraction of sp³-hybridized carbons (Fsp3) is 0.941. The molecule has 3 unspecified atom stereocenters. The minimum atomic E-state index is 0. The monoisotopic (exact) mass is 316 g/mol. The summed E-state index contributed by atoms with van der Waals surface area (Å²) in [4.78, 5) is 14.6. The van der Waals surface area contributed by atoms with Crippen LogP contribution in [-0.2, 0) is 4.79 Å². The van der Waals surface area contributed by atoms with E-state index >= 15 is 0 Å². The molecule has 0 spiro atoms. The van der Waals surface area contributed by atoms with Crippen LogP contribution in [0.25, 0.3) is 0 Å². The zero-order valence-electron chi connectivity index (χ0n) is 13.8. The number of rotatable bonds is 4. The molecule has 2 fully saturated rings. The number of likely N-dealkylation sites (tertiary alicyclic amines) is 1. The highest BCUT2D eigenvalue weighted by Gasteiger charge is 2.25. The topological polar surface area (TPSA) is 32.3 Å². The largest absolute Gasteiger partial charge is 0.343 e. The SMILES string of the molecule is CCC1CCCN(C(=O)CC(C)C2CCCNC2)CC1.Cl. The molecule has 2 saturated heterocycles. The molecular weight excluding hydrogens is 284 g/mol. The molecule has 2 aliphatic heterocycles. The van der Waals surface area contributed by atoms with E-state index in [9.17, 15) is 4.79 Å². The Bertz CT molecular complexity index is 305. The number of nitrogens with one attached hydrogen (secondary N) is 1. The summed E-state index contributed by atoms with van der Waals surface area (Å²) in [7, 11) is 0. The van der Waals surface area contributed by atoms with Gasteiger partial charge < -0.3 is 10.2 Å². The number of nitrogens with zero attached hydrogens (tertiary/aromatic N) is 1. The number of piperidine rings is 1. The van der Waals surface area contributed by atoms with Crippen molar-refractivity contribution in [3.05, 3.63) is 0 Å². The highest BCUT2D eigenvalue weighted by molar-refractivity contribution is 5.85.